The van der Waals surface area contributed by atoms with Gasteiger partial charge in [0.05, 0.1) is 0 Å². The second kappa shape index (κ2) is 7.57. The average molecular weight is 232 g/mol. The molecule has 0 saturated heterocycles. The maximum atomic E-state index is 9.64. The number of halogens is 1. The third-order valence-electron chi connectivity index (χ3n) is 0.422. The molecular formula is C4H7BrO2Zn. The van der Waals surface area contributed by atoms with E-state index >= 15 is 0 Å². The van der Waals surface area contributed by atoms with Crippen LogP contribution in [0, 0.1) is 12.8 Å². The molecule has 0 aliphatic carbocycles. The zero-order valence-electron chi connectivity index (χ0n) is 4.72. The van der Waals surface area contributed by atoms with E-state index in [1.54, 1.807) is 0 Å². The summed E-state index contributed by atoms with van der Waals surface area (Å²) in [6, 6.07) is 0. The monoisotopic (exact) mass is 230 g/mol. The van der Waals surface area contributed by atoms with Crippen LogP contribution >= 0.6 is 13.6 Å². The van der Waals surface area contributed by atoms with E-state index in [-0.39, 0.29) is 0 Å². The van der Waals surface area contributed by atoms with Gasteiger partial charge in [-0.1, -0.05) is 12.8 Å². The molecule has 0 fully saturated rings. The van der Waals surface area contributed by atoms with Gasteiger partial charge < -0.3 is 12.0 Å². The topological polar surface area (TPSA) is 37.3 Å². The van der Waals surface area contributed by atoms with Gasteiger partial charge >= 0.3 is 30.0 Å². The van der Waals surface area contributed by atoms with Crippen LogP contribution in [-0.4, -0.2) is 11.1 Å². The van der Waals surface area contributed by atoms with Crippen LogP contribution in [0.15, 0.2) is 0 Å². The third kappa shape index (κ3) is 9.76. The van der Waals surface area contributed by atoms with E-state index in [2.05, 4.69) is 20.5 Å². The Morgan fingerprint density at radius 3 is 2.00 bits per heavy atom. The van der Waals surface area contributed by atoms with Gasteiger partial charge in [0.25, 0.3) is 5.97 Å². The van der Waals surface area contributed by atoms with Crippen molar-refractivity contribution in [2.24, 2.45) is 5.92 Å². The molecular weight excluding hydrogens is 225 g/mol. The van der Waals surface area contributed by atoms with Crippen molar-refractivity contribution in [2.75, 3.05) is 0 Å². The van der Waals surface area contributed by atoms with Gasteiger partial charge in [0, 0.05) is 0 Å². The van der Waals surface area contributed by atoms with Gasteiger partial charge in [-0.2, -0.15) is 0 Å². The fourth-order valence-corrected chi connectivity index (χ4v) is 0. The molecule has 0 bridgehead atoms. The minimum absolute atomic E-state index is 0.481. The van der Waals surface area contributed by atoms with Crippen molar-refractivity contribution in [3.63, 3.8) is 0 Å². The van der Waals surface area contributed by atoms with Crippen LogP contribution in [-0.2, 0) is 21.1 Å². The van der Waals surface area contributed by atoms with Gasteiger partial charge in [0.1, 0.15) is 0 Å². The van der Waals surface area contributed by atoms with Gasteiger partial charge in [-0.15, -0.1) is 0 Å². The molecule has 0 amide bonds. The third-order valence-corrected chi connectivity index (χ3v) is 0.422. The molecule has 1 atom stereocenters. The first-order valence-corrected chi connectivity index (χ1v) is 8.92. The Hall–Kier alpha value is 0.573. The van der Waals surface area contributed by atoms with E-state index in [0.29, 0.717) is 0 Å². The number of carbonyl (C=O) groups is 1. The quantitative estimate of drug-likeness (QED) is 0.548. The molecule has 1 unspecified atom stereocenters. The summed E-state index contributed by atoms with van der Waals surface area (Å²) in [7, 11) is 0. The molecule has 8 heavy (non-hydrogen) atoms. The normalized spacial score (nSPS) is 11.1. The molecule has 0 radical (unpaired) electrons. The van der Waals surface area contributed by atoms with Crippen molar-refractivity contribution in [1.29, 1.82) is 0 Å². The van der Waals surface area contributed by atoms with Crippen molar-refractivity contribution >= 4 is 19.6 Å². The van der Waals surface area contributed by atoms with Crippen molar-refractivity contribution in [3.8, 4) is 0 Å². The number of carboxylic acids is 1. The second-order valence-corrected chi connectivity index (χ2v) is 1.24. The van der Waals surface area contributed by atoms with Crippen LogP contribution < -0.4 is 0 Å². The van der Waals surface area contributed by atoms with E-state index in [0.717, 1.165) is 0 Å². The molecule has 0 rings (SSSR count). The molecule has 44 valence electrons. The Morgan fingerprint density at radius 2 is 2.00 bits per heavy atom. The fraction of sp³-hybridized carbons (Fsp3) is 0.500. The zero-order valence-corrected chi connectivity index (χ0v) is 9.28. The fourth-order valence-electron chi connectivity index (χ4n) is 0. The summed E-state index contributed by atoms with van der Waals surface area (Å²) in [5, 5.41) is 7.93. The number of carboxylic acid groups (broad SMARTS) is 1. The SMILES string of the molecule is [CH2-]C(C)C(=O)O.[Zn+][Br]. The molecule has 0 aromatic heterocycles. The molecule has 0 aliphatic heterocycles. The second-order valence-electron chi connectivity index (χ2n) is 1.24. The van der Waals surface area contributed by atoms with Crippen LogP contribution in [0.3, 0.4) is 0 Å². The van der Waals surface area contributed by atoms with Crippen molar-refractivity contribution in [3.05, 3.63) is 6.92 Å². The van der Waals surface area contributed by atoms with Crippen LogP contribution in [0.2, 0.25) is 0 Å². The predicted molar refractivity (Wildman–Crippen MR) is 31.1 cm³/mol. The molecule has 0 aliphatic rings. The molecule has 1 N–H and O–H groups in total. The zero-order chi connectivity index (χ0) is 7.15. The standard InChI is InChI=1S/C4H7O2.BrH.Zn/c1-3(2)4(5)6;;/h3H,1H2,2H3,(H,5,6);1H;/q-1;;+2/p-1. The Bertz CT molecular complexity index is 65.1. The first-order chi connectivity index (χ1) is 3.64. The van der Waals surface area contributed by atoms with Crippen LogP contribution in [0.1, 0.15) is 6.92 Å². The first kappa shape index (κ1) is 11.4. The number of hydrogen-bond acceptors (Lipinski definition) is 1. The number of hydrogen-bond donors (Lipinski definition) is 1. The van der Waals surface area contributed by atoms with Crippen LogP contribution in [0.4, 0.5) is 0 Å². The summed E-state index contributed by atoms with van der Waals surface area (Å²) in [5.41, 5.74) is 0. The number of rotatable bonds is 1. The van der Waals surface area contributed by atoms with Crippen LogP contribution in [0.5, 0.6) is 0 Å². The van der Waals surface area contributed by atoms with Gasteiger partial charge in [0.15, 0.2) is 0 Å². The Morgan fingerprint density at radius 1 is 1.88 bits per heavy atom. The molecule has 0 aromatic rings. The predicted octanol–water partition coefficient (Wildman–Crippen LogP) is 1.38. The molecule has 0 saturated carbocycles. The van der Waals surface area contributed by atoms with E-state index in [1.165, 1.54) is 23.3 Å². The Labute approximate surface area is 65.7 Å². The van der Waals surface area contributed by atoms with Crippen molar-refractivity contribution in [1.82, 2.24) is 0 Å². The van der Waals surface area contributed by atoms with Gasteiger partial charge in [-0.05, 0) is 0 Å². The van der Waals surface area contributed by atoms with E-state index in [1.807, 2.05) is 0 Å². The molecule has 0 spiro atoms. The summed E-state index contributed by atoms with van der Waals surface area (Å²) >= 11 is 4.25. The van der Waals surface area contributed by atoms with Crippen molar-refractivity contribution < 1.29 is 26.2 Å². The summed E-state index contributed by atoms with van der Waals surface area (Å²) in [5.74, 6) is -1.33. The van der Waals surface area contributed by atoms with Crippen molar-refractivity contribution in [2.45, 2.75) is 6.92 Å². The van der Waals surface area contributed by atoms with Gasteiger partial charge in [0.2, 0.25) is 0 Å². The minimum atomic E-state index is -0.852. The Kier molecular flexibility index (Phi) is 10.8. The maximum absolute atomic E-state index is 9.64. The Balaban J connectivity index is 0. The summed E-state index contributed by atoms with van der Waals surface area (Å²) in [6.07, 6.45) is 0. The average Bonchev–Trinajstić information content (AvgIpc) is 1.72. The summed E-state index contributed by atoms with van der Waals surface area (Å²) in [6.45, 7) is 4.77. The summed E-state index contributed by atoms with van der Waals surface area (Å²) < 4.78 is 0. The van der Waals surface area contributed by atoms with E-state index in [4.69, 9.17) is 5.11 Å². The molecule has 0 heterocycles. The summed E-state index contributed by atoms with van der Waals surface area (Å²) in [4.78, 5) is 9.64. The first-order valence-electron chi connectivity index (χ1n) is 1.97. The molecule has 4 heteroatoms. The van der Waals surface area contributed by atoms with E-state index in [9.17, 15) is 4.79 Å². The van der Waals surface area contributed by atoms with Gasteiger partial charge in [-0.3, -0.25) is 4.79 Å². The number of aliphatic carboxylic acids is 1. The van der Waals surface area contributed by atoms with Gasteiger partial charge in [-0.25, -0.2) is 0 Å². The van der Waals surface area contributed by atoms with Crippen LogP contribution in [0.25, 0.3) is 0 Å². The molecule has 0 aromatic carbocycles. The molecule has 2 nitrogen and oxygen atoms in total. The van der Waals surface area contributed by atoms with E-state index < -0.39 is 11.9 Å².